The van der Waals surface area contributed by atoms with E-state index in [4.69, 9.17) is 0 Å². The first-order valence-electron chi connectivity index (χ1n) is 2.96. The summed E-state index contributed by atoms with van der Waals surface area (Å²) in [6.07, 6.45) is 0.865. The highest BCUT2D eigenvalue weighted by molar-refractivity contribution is 7.79. The lowest BCUT2D eigenvalue weighted by atomic mass is 10.0. The van der Waals surface area contributed by atoms with Crippen molar-refractivity contribution >= 4 is 17.4 Å². The van der Waals surface area contributed by atoms with Gasteiger partial charge in [0.15, 0.2) is 0 Å². The van der Waals surface area contributed by atoms with Gasteiger partial charge in [0.25, 0.3) is 0 Å². The van der Waals surface area contributed by atoms with E-state index in [0.29, 0.717) is 13.1 Å². The van der Waals surface area contributed by atoms with Gasteiger partial charge in [0.1, 0.15) is 6.29 Å². The summed E-state index contributed by atoms with van der Waals surface area (Å²) in [4.78, 5) is 11.7. The number of likely N-dealkylation sites (tertiary alicyclic amines) is 1. The topological polar surface area (TPSA) is 60.4 Å². The van der Waals surface area contributed by atoms with Crippen LogP contribution in [0.1, 0.15) is 0 Å². The molecule has 1 unspecified atom stereocenters. The number of hydrogen-bond donors (Lipinski definition) is 0. The molecule has 0 radical (unpaired) electrons. The number of carbonyl (C=O) groups excluding carboxylic acids is 1. The smallest absolute Gasteiger partial charge is 0.125 e. The van der Waals surface area contributed by atoms with E-state index >= 15 is 0 Å². The van der Waals surface area contributed by atoms with Crippen LogP contribution in [-0.4, -0.2) is 38.9 Å². The second-order valence-electron chi connectivity index (χ2n) is 2.36. The highest BCUT2D eigenvalue weighted by Crippen LogP contribution is 2.11. The van der Waals surface area contributed by atoms with E-state index < -0.39 is 11.1 Å². The molecule has 0 aromatic rings. The average Bonchev–Trinajstić information content (AvgIpc) is 1.76. The van der Waals surface area contributed by atoms with E-state index in [1.54, 1.807) is 4.90 Å². The maximum Gasteiger partial charge on any atom is 0.125 e. The minimum Gasteiger partial charge on any atom is -0.771 e. The Morgan fingerprint density at radius 3 is 2.70 bits per heavy atom. The average molecular weight is 162 g/mol. The largest absolute Gasteiger partial charge is 0.771 e. The molecule has 0 aromatic carbocycles. The van der Waals surface area contributed by atoms with Gasteiger partial charge in [-0.15, -0.1) is 0 Å². The summed E-state index contributed by atoms with van der Waals surface area (Å²) in [5.41, 5.74) is 0. The zero-order chi connectivity index (χ0) is 7.56. The van der Waals surface area contributed by atoms with Gasteiger partial charge in [0.05, 0.1) is 5.88 Å². The molecule has 0 spiro atoms. The first kappa shape index (κ1) is 7.84. The third-order valence-electron chi connectivity index (χ3n) is 1.47. The van der Waals surface area contributed by atoms with Crippen LogP contribution in [0.2, 0.25) is 0 Å². The minimum absolute atomic E-state index is 0.0588. The van der Waals surface area contributed by atoms with Crippen LogP contribution in [0.15, 0.2) is 0 Å². The third kappa shape index (κ3) is 1.86. The normalized spacial score (nSPS) is 23.7. The summed E-state index contributed by atoms with van der Waals surface area (Å²) in [5.74, 6) is 0.119. The van der Waals surface area contributed by atoms with E-state index in [2.05, 4.69) is 0 Å². The van der Waals surface area contributed by atoms with E-state index in [9.17, 15) is 13.6 Å². The van der Waals surface area contributed by atoms with Crippen molar-refractivity contribution in [3.8, 4) is 0 Å². The fourth-order valence-electron chi connectivity index (χ4n) is 0.950. The van der Waals surface area contributed by atoms with Crippen molar-refractivity contribution in [1.82, 2.24) is 4.90 Å². The highest BCUT2D eigenvalue weighted by atomic mass is 32.2. The number of carbonyl (C=O) groups is 1. The Bertz CT molecular complexity index is 155. The Morgan fingerprint density at radius 1 is 1.70 bits per heavy atom. The molecule has 1 aliphatic rings. The van der Waals surface area contributed by atoms with E-state index in [1.165, 1.54) is 0 Å². The molecule has 0 aliphatic carbocycles. The molecule has 1 aliphatic heterocycles. The first-order valence-corrected chi connectivity index (χ1v) is 4.20. The Morgan fingerprint density at radius 2 is 2.30 bits per heavy atom. The molecule has 1 atom stereocenters. The molecule has 1 heterocycles. The van der Waals surface area contributed by atoms with Crippen LogP contribution in [0.5, 0.6) is 0 Å². The van der Waals surface area contributed by atoms with Gasteiger partial charge in [-0.1, -0.05) is 0 Å². The molecule has 0 N–H and O–H groups in total. The maximum absolute atomic E-state index is 10.1. The van der Waals surface area contributed by atoms with Gasteiger partial charge in [0, 0.05) is 19.0 Å². The van der Waals surface area contributed by atoms with Crippen LogP contribution >= 0.6 is 0 Å². The van der Waals surface area contributed by atoms with Gasteiger partial charge in [-0.3, -0.25) is 9.11 Å². The predicted octanol–water partition coefficient (Wildman–Crippen LogP) is -1.05. The summed E-state index contributed by atoms with van der Waals surface area (Å²) in [6, 6.07) is 0. The van der Waals surface area contributed by atoms with E-state index in [1.807, 2.05) is 0 Å². The second kappa shape index (κ2) is 3.23. The molecular weight excluding hydrogens is 154 g/mol. The van der Waals surface area contributed by atoms with Crippen LogP contribution in [-0.2, 0) is 15.9 Å². The van der Waals surface area contributed by atoms with Crippen LogP contribution in [0.25, 0.3) is 0 Å². The molecule has 1 fully saturated rings. The highest BCUT2D eigenvalue weighted by Gasteiger charge is 2.25. The van der Waals surface area contributed by atoms with Crippen molar-refractivity contribution < 1.29 is 13.6 Å². The Labute approximate surface area is 61.5 Å². The monoisotopic (exact) mass is 162 g/mol. The van der Waals surface area contributed by atoms with Crippen LogP contribution in [0, 0.1) is 5.92 Å². The molecule has 0 bridgehead atoms. The standard InChI is InChI=1S/C5H9NO3S/c7-3-5-1-6(2-5)4-10(8)9/h3,5H,1-2,4H2,(H,8,9)/p-1. The lowest BCUT2D eigenvalue weighted by molar-refractivity contribution is -0.115. The Balaban J connectivity index is 2.14. The summed E-state index contributed by atoms with van der Waals surface area (Å²) < 4.78 is 20.1. The summed E-state index contributed by atoms with van der Waals surface area (Å²) >= 11 is -2.00. The number of nitrogens with zero attached hydrogens (tertiary/aromatic N) is 1. The molecule has 1 saturated heterocycles. The molecule has 10 heavy (non-hydrogen) atoms. The lowest BCUT2D eigenvalue weighted by Crippen LogP contribution is -2.48. The van der Waals surface area contributed by atoms with Crippen molar-refractivity contribution in [2.45, 2.75) is 0 Å². The number of rotatable bonds is 3. The quantitative estimate of drug-likeness (QED) is 0.392. The van der Waals surface area contributed by atoms with Gasteiger partial charge < -0.3 is 9.35 Å². The maximum atomic E-state index is 10.1. The zero-order valence-corrected chi connectivity index (χ0v) is 6.17. The van der Waals surface area contributed by atoms with Gasteiger partial charge >= 0.3 is 0 Å². The predicted molar refractivity (Wildman–Crippen MR) is 34.9 cm³/mol. The van der Waals surface area contributed by atoms with Gasteiger partial charge in [-0.2, -0.15) is 0 Å². The Kier molecular flexibility index (Phi) is 2.53. The molecule has 5 heteroatoms. The number of aldehydes is 1. The molecule has 4 nitrogen and oxygen atoms in total. The van der Waals surface area contributed by atoms with Crippen molar-refractivity contribution in [3.05, 3.63) is 0 Å². The summed E-state index contributed by atoms with van der Waals surface area (Å²) in [6.45, 7) is 1.19. The molecule has 58 valence electrons. The van der Waals surface area contributed by atoms with Crippen molar-refractivity contribution in [1.29, 1.82) is 0 Å². The van der Waals surface area contributed by atoms with Crippen molar-refractivity contribution in [3.63, 3.8) is 0 Å². The van der Waals surface area contributed by atoms with E-state index in [0.717, 1.165) is 6.29 Å². The zero-order valence-electron chi connectivity index (χ0n) is 5.36. The van der Waals surface area contributed by atoms with Gasteiger partial charge in [-0.25, -0.2) is 0 Å². The van der Waals surface area contributed by atoms with Crippen LogP contribution in [0.4, 0.5) is 0 Å². The van der Waals surface area contributed by atoms with Crippen molar-refractivity contribution in [2.24, 2.45) is 5.92 Å². The SMILES string of the molecule is O=CC1CN(CS(=O)[O-])C1. The van der Waals surface area contributed by atoms with Gasteiger partial charge in [-0.05, 0) is 11.1 Å². The summed E-state index contributed by atoms with van der Waals surface area (Å²) in [5, 5.41) is 0. The molecule has 0 amide bonds. The fraction of sp³-hybridized carbons (Fsp3) is 0.800. The molecular formula is C5H8NO3S-. The lowest BCUT2D eigenvalue weighted by Gasteiger charge is -2.36. The molecule has 0 aromatic heterocycles. The van der Waals surface area contributed by atoms with Crippen LogP contribution < -0.4 is 0 Å². The van der Waals surface area contributed by atoms with Gasteiger partial charge in [0.2, 0.25) is 0 Å². The molecule has 0 saturated carbocycles. The molecule has 1 rings (SSSR count). The minimum atomic E-state index is -2.00. The number of hydrogen-bond acceptors (Lipinski definition) is 4. The van der Waals surface area contributed by atoms with Crippen LogP contribution in [0.3, 0.4) is 0 Å². The second-order valence-corrected chi connectivity index (χ2v) is 3.23. The first-order chi connectivity index (χ1) is 4.72. The van der Waals surface area contributed by atoms with Crippen molar-refractivity contribution in [2.75, 3.05) is 19.0 Å². The van der Waals surface area contributed by atoms with E-state index in [-0.39, 0.29) is 11.8 Å². The summed E-state index contributed by atoms with van der Waals surface area (Å²) in [7, 11) is 0. The fourth-order valence-corrected chi connectivity index (χ4v) is 1.46. The third-order valence-corrected chi connectivity index (χ3v) is 2.04. The Hall–Kier alpha value is -0.260.